The third-order valence-electron chi connectivity index (χ3n) is 5.79. The van der Waals surface area contributed by atoms with Crippen LogP contribution in [0.4, 0.5) is 0 Å². The highest BCUT2D eigenvalue weighted by atomic mass is 16.3. The standard InChI is InChI=1S/C22H22N2O3/c1-14-9-15-5-4-6-17(18(15)27-14)20(26)24-8-7-22(13-24)10-16(11-23)19(25)21(2,3)12-22/h4-6,9-10H,7-8,12-13H2,1-3H3/t22-/m1/s1. The first kappa shape index (κ1) is 17.5. The molecule has 27 heavy (non-hydrogen) atoms. The van der Waals surface area contributed by atoms with Crippen molar-refractivity contribution in [1.82, 2.24) is 4.90 Å². The average molecular weight is 362 g/mol. The second-order valence-electron chi connectivity index (χ2n) is 8.48. The normalized spacial score (nSPS) is 24.3. The highest BCUT2D eigenvalue weighted by Gasteiger charge is 2.49. The number of aryl methyl sites for hydroxylation is 1. The van der Waals surface area contributed by atoms with Gasteiger partial charge in [0, 0.05) is 29.3 Å². The van der Waals surface area contributed by atoms with Crippen LogP contribution in [0.25, 0.3) is 11.0 Å². The molecule has 4 rings (SSSR count). The summed E-state index contributed by atoms with van der Waals surface area (Å²) in [6.45, 7) is 6.77. The maximum Gasteiger partial charge on any atom is 0.257 e. The van der Waals surface area contributed by atoms with Crippen LogP contribution in [0.15, 0.2) is 40.3 Å². The van der Waals surface area contributed by atoms with Gasteiger partial charge in [-0.15, -0.1) is 0 Å². The topological polar surface area (TPSA) is 74.3 Å². The number of benzene rings is 1. The Hall–Kier alpha value is -2.87. The van der Waals surface area contributed by atoms with Gasteiger partial charge in [-0.05, 0) is 31.9 Å². The van der Waals surface area contributed by atoms with Crippen molar-refractivity contribution in [1.29, 1.82) is 5.26 Å². The Morgan fingerprint density at radius 3 is 2.85 bits per heavy atom. The number of ketones is 1. The lowest BCUT2D eigenvalue weighted by molar-refractivity contribution is -0.125. The van der Waals surface area contributed by atoms with Gasteiger partial charge >= 0.3 is 0 Å². The highest BCUT2D eigenvalue weighted by molar-refractivity contribution is 6.06. The summed E-state index contributed by atoms with van der Waals surface area (Å²) in [6, 6.07) is 9.58. The second kappa shape index (κ2) is 5.82. The fraction of sp³-hybridized carbons (Fsp3) is 0.409. The molecule has 1 amide bonds. The fourth-order valence-corrected chi connectivity index (χ4v) is 4.69. The molecule has 138 valence electrons. The molecular formula is C22H22N2O3. The second-order valence-corrected chi connectivity index (χ2v) is 8.48. The summed E-state index contributed by atoms with van der Waals surface area (Å²) >= 11 is 0. The number of nitrogens with zero attached hydrogens (tertiary/aromatic N) is 2. The number of nitriles is 1. The lowest BCUT2D eigenvalue weighted by Gasteiger charge is -2.38. The van der Waals surface area contributed by atoms with Gasteiger partial charge in [-0.2, -0.15) is 5.26 Å². The molecule has 0 saturated carbocycles. The lowest BCUT2D eigenvalue weighted by Crippen LogP contribution is -2.40. The van der Waals surface area contributed by atoms with Crippen molar-refractivity contribution in [3.05, 3.63) is 47.2 Å². The molecule has 2 aliphatic rings. The summed E-state index contributed by atoms with van der Waals surface area (Å²) in [4.78, 5) is 27.4. The summed E-state index contributed by atoms with van der Waals surface area (Å²) in [5.41, 5.74) is 0.508. The van der Waals surface area contributed by atoms with Crippen LogP contribution >= 0.6 is 0 Å². The zero-order valence-electron chi connectivity index (χ0n) is 15.8. The molecule has 1 aliphatic heterocycles. The van der Waals surface area contributed by atoms with Crippen molar-refractivity contribution in [2.75, 3.05) is 13.1 Å². The van der Waals surface area contributed by atoms with E-state index < -0.39 is 5.41 Å². The Morgan fingerprint density at radius 2 is 2.11 bits per heavy atom. The number of carbonyl (C=O) groups is 2. The van der Waals surface area contributed by atoms with E-state index in [0.717, 1.165) is 17.6 Å². The van der Waals surface area contributed by atoms with Gasteiger partial charge in [0.15, 0.2) is 5.78 Å². The number of amides is 1. The number of hydrogen-bond donors (Lipinski definition) is 0. The van der Waals surface area contributed by atoms with Crippen LogP contribution in [0, 0.1) is 29.1 Å². The molecule has 0 bridgehead atoms. The molecule has 1 aromatic heterocycles. The monoisotopic (exact) mass is 362 g/mol. The van der Waals surface area contributed by atoms with E-state index in [-0.39, 0.29) is 22.7 Å². The van der Waals surface area contributed by atoms with Crippen LogP contribution < -0.4 is 0 Å². The lowest BCUT2D eigenvalue weighted by atomic mass is 9.64. The molecule has 1 fully saturated rings. The maximum absolute atomic E-state index is 13.2. The molecule has 1 aromatic carbocycles. The van der Waals surface area contributed by atoms with Crippen LogP contribution in [-0.2, 0) is 4.79 Å². The number of allylic oxidation sites excluding steroid dienone is 1. The van der Waals surface area contributed by atoms with Crippen LogP contribution in [0.2, 0.25) is 0 Å². The summed E-state index contributed by atoms with van der Waals surface area (Å²) in [7, 11) is 0. The van der Waals surface area contributed by atoms with Crippen molar-refractivity contribution < 1.29 is 14.0 Å². The van der Waals surface area contributed by atoms with Gasteiger partial charge in [-0.3, -0.25) is 9.59 Å². The number of likely N-dealkylation sites (tertiary alicyclic amines) is 1. The molecule has 1 atom stereocenters. The van der Waals surface area contributed by atoms with E-state index in [0.29, 0.717) is 30.7 Å². The zero-order valence-corrected chi connectivity index (χ0v) is 15.8. The predicted octanol–water partition coefficient (Wildman–Crippen LogP) is 4.02. The Morgan fingerprint density at radius 1 is 1.33 bits per heavy atom. The third-order valence-corrected chi connectivity index (χ3v) is 5.79. The van der Waals surface area contributed by atoms with Crippen molar-refractivity contribution in [2.45, 2.75) is 33.6 Å². The van der Waals surface area contributed by atoms with Gasteiger partial charge < -0.3 is 9.32 Å². The minimum Gasteiger partial charge on any atom is -0.461 e. The summed E-state index contributed by atoms with van der Waals surface area (Å²) in [6.07, 6.45) is 3.22. The van der Waals surface area contributed by atoms with E-state index >= 15 is 0 Å². The number of rotatable bonds is 1. The molecule has 0 unspecified atom stereocenters. The van der Waals surface area contributed by atoms with E-state index in [9.17, 15) is 14.9 Å². The molecule has 2 heterocycles. The van der Waals surface area contributed by atoms with Crippen molar-refractivity contribution in [2.24, 2.45) is 10.8 Å². The molecule has 0 N–H and O–H groups in total. The molecule has 2 aromatic rings. The van der Waals surface area contributed by atoms with E-state index in [2.05, 4.69) is 6.07 Å². The highest BCUT2D eigenvalue weighted by Crippen LogP contribution is 2.48. The van der Waals surface area contributed by atoms with Gasteiger partial charge in [0.05, 0.1) is 11.1 Å². The molecule has 5 heteroatoms. The first-order valence-corrected chi connectivity index (χ1v) is 9.21. The number of furan rings is 1. The van der Waals surface area contributed by atoms with Crippen LogP contribution in [0.5, 0.6) is 0 Å². The largest absolute Gasteiger partial charge is 0.461 e. The Labute approximate surface area is 158 Å². The van der Waals surface area contributed by atoms with E-state index in [1.165, 1.54) is 0 Å². The first-order valence-electron chi connectivity index (χ1n) is 9.21. The molecular weight excluding hydrogens is 340 g/mol. The number of hydrogen-bond acceptors (Lipinski definition) is 4. The molecule has 5 nitrogen and oxygen atoms in total. The minimum absolute atomic E-state index is 0.0616. The average Bonchev–Trinajstić information content (AvgIpc) is 3.19. The first-order chi connectivity index (χ1) is 12.7. The van der Waals surface area contributed by atoms with Crippen LogP contribution in [0.1, 0.15) is 42.8 Å². The van der Waals surface area contributed by atoms with Gasteiger partial charge in [0.1, 0.15) is 17.4 Å². The molecule has 1 aliphatic carbocycles. The summed E-state index contributed by atoms with van der Waals surface area (Å²) in [5.74, 6) is 0.613. The van der Waals surface area contributed by atoms with Crippen molar-refractivity contribution in [3.63, 3.8) is 0 Å². The Bertz CT molecular complexity index is 1040. The van der Waals surface area contributed by atoms with Crippen molar-refractivity contribution in [3.8, 4) is 6.07 Å². The van der Waals surface area contributed by atoms with Crippen LogP contribution in [-0.4, -0.2) is 29.7 Å². The fourth-order valence-electron chi connectivity index (χ4n) is 4.69. The number of fused-ring (bicyclic) bond motifs is 1. The maximum atomic E-state index is 13.2. The van der Waals surface area contributed by atoms with E-state index in [4.69, 9.17) is 4.42 Å². The Kier molecular flexibility index (Phi) is 3.78. The molecule has 0 radical (unpaired) electrons. The van der Waals surface area contributed by atoms with Gasteiger partial charge in [-0.1, -0.05) is 32.1 Å². The summed E-state index contributed by atoms with van der Waals surface area (Å²) in [5, 5.41) is 10.3. The van der Waals surface area contributed by atoms with Gasteiger partial charge in [-0.25, -0.2) is 0 Å². The smallest absolute Gasteiger partial charge is 0.257 e. The van der Waals surface area contributed by atoms with Crippen LogP contribution in [0.3, 0.4) is 0 Å². The summed E-state index contributed by atoms with van der Waals surface area (Å²) < 4.78 is 5.75. The number of carbonyl (C=O) groups excluding carboxylic acids is 2. The van der Waals surface area contributed by atoms with Crippen molar-refractivity contribution >= 4 is 22.7 Å². The zero-order chi connectivity index (χ0) is 19.4. The number of Topliss-reactive ketones (excluding diaryl/α,β-unsaturated/α-hetero) is 1. The van der Waals surface area contributed by atoms with E-state index in [1.807, 2.05) is 49.9 Å². The predicted molar refractivity (Wildman–Crippen MR) is 101 cm³/mol. The SMILES string of the molecule is Cc1cc2cccc(C(=O)N3CC[C@]4(C=C(C#N)C(=O)C(C)(C)C4)C3)c2o1. The molecule has 1 saturated heterocycles. The Balaban J connectivity index is 1.66. The van der Waals surface area contributed by atoms with E-state index in [1.54, 1.807) is 6.07 Å². The third kappa shape index (κ3) is 2.76. The number of para-hydroxylation sites is 1. The quantitative estimate of drug-likeness (QED) is 0.768. The van der Waals surface area contributed by atoms with Gasteiger partial charge in [0.25, 0.3) is 5.91 Å². The molecule has 1 spiro atoms. The minimum atomic E-state index is -0.586. The van der Waals surface area contributed by atoms with Gasteiger partial charge in [0.2, 0.25) is 0 Å².